The van der Waals surface area contributed by atoms with Gasteiger partial charge in [0.1, 0.15) is 0 Å². The standard InChI is InChI=1S/C49H54N2O4/c1-33(34-13-6-4-7-14-34)50-44(54)51(31-37-19-12-18-35-15-10-11-20-39(35)37)32-48(55)26-23-42-46(48,3)25-22-41-45(2)24-21-38(52)29-47(45)27-28-49(41,42)40(30-47)43(53)36-16-8-5-9-17-36/h4-20,27-28,30,33,38,41-42,52,55H,21-26,29,31-32H2,1-3H3,(H,50,54)/t33-,38?,41-,42-,45-,46+,47+,48-,49-/m1/s1. The normalized spacial score (nSPS) is 34.9. The molecular weight excluding hydrogens is 681 g/mol. The fourth-order valence-electron chi connectivity index (χ4n) is 12.6. The molecule has 6 heteroatoms. The number of hydrogen-bond donors (Lipinski definition) is 3. The lowest BCUT2D eigenvalue weighted by Crippen LogP contribution is -2.67. The summed E-state index contributed by atoms with van der Waals surface area (Å²) in [6, 6.07) is 33.7. The fraction of sp³-hybridized carbons (Fsp3) is 0.429. The maximum atomic E-state index is 14.9. The van der Waals surface area contributed by atoms with Crippen LogP contribution in [0.1, 0.15) is 93.2 Å². The Kier molecular flexibility index (Phi) is 8.56. The third kappa shape index (κ3) is 5.34. The Morgan fingerprint density at radius 3 is 2.24 bits per heavy atom. The highest BCUT2D eigenvalue weighted by Crippen LogP contribution is 2.78. The zero-order valence-corrected chi connectivity index (χ0v) is 32.4. The van der Waals surface area contributed by atoms with E-state index in [2.05, 4.69) is 61.7 Å². The first-order chi connectivity index (χ1) is 26.4. The minimum absolute atomic E-state index is 0.00778. The van der Waals surface area contributed by atoms with Crippen LogP contribution in [0.4, 0.5) is 4.79 Å². The van der Waals surface area contributed by atoms with Gasteiger partial charge in [-0.05, 0) is 91.0 Å². The Hall–Kier alpha value is -4.52. The first kappa shape index (κ1) is 36.1. The number of carbonyl (C=O) groups excluding carboxylic acids is 2. The Morgan fingerprint density at radius 2 is 1.45 bits per heavy atom. The Bertz CT molecular complexity index is 2190. The summed E-state index contributed by atoms with van der Waals surface area (Å²) < 4.78 is 0. The lowest BCUT2D eigenvalue weighted by Gasteiger charge is -2.71. The summed E-state index contributed by atoms with van der Waals surface area (Å²) in [6.07, 6.45) is 11.8. The largest absolute Gasteiger partial charge is 0.393 e. The van der Waals surface area contributed by atoms with E-state index in [1.807, 2.05) is 90.7 Å². The van der Waals surface area contributed by atoms with Gasteiger partial charge in [-0.25, -0.2) is 4.79 Å². The first-order valence-corrected chi connectivity index (χ1v) is 20.4. The van der Waals surface area contributed by atoms with E-state index in [4.69, 9.17) is 0 Å². The van der Waals surface area contributed by atoms with E-state index in [-0.39, 0.29) is 47.1 Å². The SMILES string of the molecule is C[C@@H](NC(=O)N(Cc1cccc2ccccc12)C[C@]1(O)CC[C@H]2[C@]34C=C[C@@]5(C=C3C(=O)c3ccccc3)CC(O)CC[C@]5(C)[C@H]4CC[C@@]21C)c1ccccc1. The van der Waals surface area contributed by atoms with Crippen molar-refractivity contribution in [1.29, 1.82) is 0 Å². The van der Waals surface area contributed by atoms with Crippen LogP contribution < -0.4 is 5.32 Å². The molecule has 55 heavy (non-hydrogen) atoms. The molecular formula is C49H54N2O4. The molecule has 0 radical (unpaired) electrons. The molecule has 0 heterocycles. The number of hydrogen-bond acceptors (Lipinski definition) is 4. The summed E-state index contributed by atoms with van der Waals surface area (Å²) in [6.45, 7) is 7.20. The van der Waals surface area contributed by atoms with E-state index in [1.165, 1.54) is 0 Å². The van der Waals surface area contributed by atoms with Crippen molar-refractivity contribution in [3.05, 3.63) is 144 Å². The Labute approximate surface area is 325 Å². The summed E-state index contributed by atoms with van der Waals surface area (Å²) in [5.41, 5.74) is 0.759. The lowest BCUT2D eigenvalue weighted by atomic mass is 9.32. The molecule has 2 bridgehead atoms. The zero-order valence-electron chi connectivity index (χ0n) is 32.4. The third-order valence-electron chi connectivity index (χ3n) is 15.6. The molecule has 1 unspecified atom stereocenters. The van der Waals surface area contributed by atoms with Gasteiger partial charge in [-0.3, -0.25) is 4.79 Å². The molecule has 3 N–H and O–H groups in total. The van der Waals surface area contributed by atoms with E-state index >= 15 is 0 Å². The van der Waals surface area contributed by atoms with Gasteiger partial charge in [0.15, 0.2) is 5.78 Å². The number of allylic oxidation sites excluding steroid dienone is 4. The van der Waals surface area contributed by atoms with Gasteiger partial charge in [-0.15, -0.1) is 0 Å². The van der Waals surface area contributed by atoms with Crippen molar-refractivity contribution in [1.82, 2.24) is 10.2 Å². The number of nitrogens with one attached hydrogen (secondary N) is 1. The minimum atomic E-state index is -1.19. The van der Waals surface area contributed by atoms with Crippen molar-refractivity contribution < 1.29 is 19.8 Å². The molecule has 6 aliphatic carbocycles. The van der Waals surface area contributed by atoms with Gasteiger partial charge >= 0.3 is 6.03 Å². The summed E-state index contributed by atoms with van der Waals surface area (Å²) >= 11 is 0. The van der Waals surface area contributed by atoms with Crippen molar-refractivity contribution in [2.24, 2.45) is 33.5 Å². The number of carbonyl (C=O) groups is 2. The van der Waals surface area contributed by atoms with E-state index in [0.717, 1.165) is 59.6 Å². The average Bonchev–Trinajstić information content (AvgIpc) is 3.47. The number of aliphatic hydroxyl groups excluding tert-OH is 1. The van der Waals surface area contributed by atoms with Crippen LogP contribution in [0.3, 0.4) is 0 Å². The van der Waals surface area contributed by atoms with Crippen LogP contribution in [0, 0.1) is 33.5 Å². The second-order valence-corrected chi connectivity index (χ2v) is 18.1. The van der Waals surface area contributed by atoms with E-state index in [9.17, 15) is 19.8 Å². The third-order valence-corrected chi connectivity index (χ3v) is 15.6. The van der Waals surface area contributed by atoms with Crippen molar-refractivity contribution >= 4 is 22.6 Å². The van der Waals surface area contributed by atoms with Gasteiger partial charge in [-0.1, -0.05) is 135 Å². The maximum Gasteiger partial charge on any atom is 0.318 e. The number of urea groups is 1. The molecule has 6 nitrogen and oxygen atoms in total. The van der Waals surface area contributed by atoms with Gasteiger partial charge in [0.25, 0.3) is 0 Å². The zero-order chi connectivity index (χ0) is 38.2. The average molecular weight is 735 g/mol. The molecule has 4 aromatic carbocycles. The van der Waals surface area contributed by atoms with Gasteiger partial charge in [-0.2, -0.15) is 0 Å². The van der Waals surface area contributed by atoms with Gasteiger partial charge in [0.05, 0.1) is 24.3 Å². The van der Waals surface area contributed by atoms with E-state index in [0.29, 0.717) is 24.9 Å². The number of Topliss-reactive ketones (excluding diaryl/α,β-unsaturated/α-hetero) is 1. The highest BCUT2D eigenvalue weighted by Gasteiger charge is 2.74. The molecule has 4 aromatic rings. The Balaban J connectivity index is 1.11. The molecule has 284 valence electrons. The molecule has 0 saturated heterocycles. The summed E-state index contributed by atoms with van der Waals surface area (Å²) in [4.78, 5) is 31.3. The topological polar surface area (TPSA) is 89.9 Å². The predicted molar refractivity (Wildman–Crippen MR) is 217 cm³/mol. The van der Waals surface area contributed by atoms with Crippen LogP contribution in [-0.4, -0.2) is 45.2 Å². The summed E-state index contributed by atoms with van der Waals surface area (Å²) in [5.74, 6) is 0.252. The molecule has 2 amide bonds. The number of aliphatic hydroxyl groups is 2. The van der Waals surface area contributed by atoms with Crippen molar-refractivity contribution in [3.63, 3.8) is 0 Å². The molecule has 0 aliphatic heterocycles. The number of ketones is 1. The van der Waals surface area contributed by atoms with Crippen molar-refractivity contribution in [3.8, 4) is 0 Å². The van der Waals surface area contributed by atoms with Crippen LogP contribution in [0.5, 0.6) is 0 Å². The molecule has 6 aliphatic rings. The Morgan fingerprint density at radius 1 is 0.800 bits per heavy atom. The van der Waals surface area contributed by atoms with Crippen LogP contribution in [0.2, 0.25) is 0 Å². The van der Waals surface area contributed by atoms with Crippen molar-refractivity contribution in [2.45, 2.75) is 90.0 Å². The van der Waals surface area contributed by atoms with E-state index in [1.54, 1.807) is 0 Å². The number of nitrogens with zero attached hydrogens (tertiary/aromatic N) is 1. The highest BCUT2D eigenvalue weighted by atomic mass is 16.3. The maximum absolute atomic E-state index is 14.9. The smallest absolute Gasteiger partial charge is 0.318 e. The molecule has 10 rings (SSSR count). The predicted octanol–water partition coefficient (Wildman–Crippen LogP) is 9.59. The monoisotopic (exact) mass is 734 g/mol. The quantitative estimate of drug-likeness (QED) is 0.124. The van der Waals surface area contributed by atoms with Gasteiger partial charge in [0.2, 0.25) is 0 Å². The summed E-state index contributed by atoms with van der Waals surface area (Å²) in [5, 5.41) is 29.9. The second-order valence-electron chi connectivity index (χ2n) is 18.1. The van der Waals surface area contributed by atoms with E-state index < -0.39 is 22.5 Å². The number of benzene rings is 4. The van der Waals surface area contributed by atoms with Gasteiger partial charge in [0, 0.05) is 33.9 Å². The van der Waals surface area contributed by atoms with Crippen LogP contribution in [0.15, 0.2) is 127 Å². The summed E-state index contributed by atoms with van der Waals surface area (Å²) in [7, 11) is 0. The van der Waals surface area contributed by atoms with Crippen LogP contribution in [0.25, 0.3) is 10.8 Å². The van der Waals surface area contributed by atoms with Crippen LogP contribution >= 0.6 is 0 Å². The number of amides is 2. The highest BCUT2D eigenvalue weighted by molar-refractivity contribution is 6.10. The molecule has 0 aromatic heterocycles. The van der Waals surface area contributed by atoms with Gasteiger partial charge < -0.3 is 20.4 Å². The molecule has 9 atom stereocenters. The number of fused-ring (bicyclic) bond motifs is 2. The molecule has 3 saturated carbocycles. The first-order valence-electron chi connectivity index (χ1n) is 20.4. The number of rotatable bonds is 8. The lowest BCUT2D eigenvalue weighted by molar-refractivity contribution is -0.174. The second kappa shape index (κ2) is 13.0. The fourth-order valence-corrected chi connectivity index (χ4v) is 12.6. The molecule has 3 fully saturated rings. The van der Waals surface area contributed by atoms with Crippen LogP contribution in [-0.2, 0) is 6.54 Å². The molecule has 2 spiro atoms. The minimum Gasteiger partial charge on any atom is -0.393 e. The van der Waals surface area contributed by atoms with Crippen molar-refractivity contribution in [2.75, 3.05) is 6.54 Å².